The minimum Gasteiger partial charge on any atom is -0.350 e. The Hall–Kier alpha value is -1.80. The summed E-state index contributed by atoms with van der Waals surface area (Å²) in [5.41, 5.74) is 2.69. The molecule has 0 radical (unpaired) electrons. The maximum atomic E-state index is 2.49. The van der Waals surface area contributed by atoms with E-state index in [2.05, 4.69) is 84.4 Å². The number of likely N-dealkylation sites (N-methyl/N-ethyl adjacent to an activating group) is 1. The molecule has 3 rings (SSSR count). The molecule has 2 aromatic carbocycles. The molecule has 2 aromatic rings. The van der Waals surface area contributed by atoms with Gasteiger partial charge in [0.25, 0.3) is 0 Å². The van der Waals surface area contributed by atoms with Crippen molar-refractivity contribution in [2.45, 2.75) is 19.0 Å². The highest BCUT2D eigenvalue weighted by Gasteiger charge is 2.35. The normalized spacial score (nSPS) is 23.8. The van der Waals surface area contributed by atoms with Gasteiger partial charge < -0.3 is 4.90 Å². The molecule has 1 aliphatic heterocycles. The van der Waals surface area contributed by atoms with Crippen LogP contribution < -0.4 is 4.90 Å². The Kier molecular flexibility index (Phi) is 3.26. The van der Waals surface area contributed by atoms with Crippen LogP contribution in [-0.4, -0.2) is 24.7 Å². The van der Waals surface area contributed by atoms with E-state index in [0.717, 1.165) is 6.67 Å². The third kappa shape index (κ3) is 2.24. The minimum atomic E-state index is 0.425. The molecule has 19 heavy (non-hydrogen) atoms. The number of rotatable bonds is 2. The smallest absolute Gasteiger partial charge is 0.0714 e. The monoisotopic (exact) mass is 252 g/mol. The van der Waals surface area contributed by atoms with Crippen molar-refractivity contribution < 1.29 is 0 Å². The molecule has 0 N–H and O–H groups in total. The number of benzene rings is 2. The zero-order chi connectivity index (χ0) is 13.2. The highest BCUT2D eigenvalue weighted by molar-refractivity contribution is 5.50. The first-order valence-corrected chi connectivity index (χ1v) is 6.84. The molecule has 2 atom stereocenters. The Balaban J connectivity index is 1.99. The molecule has 1 saturated heterocycles. The topological polar surface area (TPSA) is 6.48 Å². The number of anilines is 1. The molecule has 0 aromatic heterocycles. The fraction of sp³-hybridized carbons (Fsp3) is 0.294. The lowest BCUT2D eigenvalue weighted by molar-refractivity contribution is 0.318. The average molecular weight is 252 g/mol. The standard InChI is InChI=1S/C17H20N2/c1-14-17(15-9-5-3-6-10-15)19(13-18(14)2)16-11-7-4-8-12-16/h3-12,14,17H,13H2,1-2H3. The van der Waals surface area contributed by atoms with E-state index >= 15 is 0 Å². The fourth-order valence-electron chi connectivity index (χ4n) is 2.93. The molecular formula is C17H20N2. The van der Waals surface area contributed by atoms with E-state index in [1.807, 2.05) is 0 Å². The summed E-state index contributed by atoms with van der Waals surface area (Å²) >= 11 is 0. The fourth-order valence-corrected chi connectivity index (χ4v) is 2.93. The van der Waals surface area contributed by atoms with E-state index in [-0.39, 0.29) is 0 Å². The maximum Gasteiger partial charge on any atom is 0.0714 e. The van der Waals surface area contributed by atoms with Crippen LogP contribution in [0.2, 0.25) is 0 Å². The van der Waals surface area contributed by atoms with Gasteiger partial charge in [-0.25, -0.2) is 0 Å². The van der Waals surface area contributed by atoms with E-state index in [1.165, 1.54) is 11.3 Å². The number of hydrogen-bond acceptors (Lipinski definition) is 2. The van der Waals surface area contributed by atoms with Gasteiger partial charge in [-0.1, -0.05) is 48.5 Å². The summed E-state index contributed by atoms with van der Waals surface area (Å²) in [5.74, 6) is 0. The van der Waals surface area contributed by atoms with Gasteiger partial charge in [0.15, 0.2) is 0 Å². The van der Waals surface area contributed by atoms with Gasteiger partial charge >= 0.3 is 0 Å². The second-order valence-corrected chi connectivity index (χ2v) is 5.30. The molecular weight excluding hydrogens is 232 g/mol. The third-order valence-electron chi connectivity index (χ3n) is 4.09. The Morgan fingerprint density at radius 2 is 1.47 bits per heavy atom. The zero-order valence-electron chi connectivity index (χ0n) is 11.5. The number of nitrogens with zero attached hydrogens (tertiary/aromatic N) is 2. The first-order valence-electron chi connectivity index (χ1n) is 6.84. The zero-order valence-corrected chi connectivity index (χ0v) is 11.5. The first-order chi connectivity index (χ1) is 9.27. The van der Waals surface area contributed by atoms with Crippen LogP contribution >= 0.6 is 0 Å². The Labute approximate surface area is 115 Å². The molecule has 98 valence electrons. The van der Waals surface area contributed by atoms with Crippen LogP contribution in [0.4, 0.5) is 5.69 Å². The van der Waals surface area contributed by atoms with Crippen molar-refractivity contribution in [3.63, 3.8) is 0 Å². The van der Waals surface area contributed by atoms with Gasteiger partial charge in [0.2, 0.25) is 0 Å². The molecule has 0 saturated carbocycles. The van der Waals surface area contributed by atoms with Gasteiger partial charge in [-0.05, 0) is 31.7 Å². The number of para-hydroxylation sites is 1. The third-order valence-corrected chi connectivity index (χ3v) is 4.09. The van der Waals surface area contributed by atoms with Crippen LogP contribution in [0.15, 0.2) is 60.7 Å². The summed E-state index contributed by atoms with van der Waals surface area (Å²) in [6, 6.07) is 22.4. The SMILES string of the molecule is CC1C(c2ccccc2)N(c2ccccc2)CN1C. The van der Waals surface area contributed by atoms with E-state index < -0.39 is 0 Å². The molecule has 0 amide bonds. The largest absolute Gasteiger partial charge is 0.350 e. The first kappa shape index (κ1) is 12.2. The van der Waals surface area contributed by atoms with Crippen molar-refractivity contribution in [3.8, 4) is 0 Å². The molecule has 1 heterocycles. The lowest BCUT2D eigenvalue weighted by Crippen LogP contribution is -2.26. The molecule has 2 nitrogen and oxygen atoms in total. The molecule has 2 heteroatoms. The van der Waals surface area contributed by atoms with Crippen LogP contribution in [0, 0.1) is 0 Å². The average Bonchev–Trinajstić information content (AvgIpc) is 2.77. The van der Waals surface area contributed by atoms with Crippen LogP contribution in [0.25, 0.3) is 0 Å². The van der Waals surface area contributed by atoms with Crippen molar-refractivity contribution in [2.24, 2.45) is 0 Å². The van der Waals surface area contributed by atoms with Gasteiger partial charge in [-0.3, -0.25) is 4.90 Å². The highest BCUT2D eigenvalue weighted by Crippen LogP contribution is 2.36. The minimum absolute atomic E-state index is 0.425. The van der Waals surface area contributed by atoms with Crippen molar-refractivity contribution in [1.29, 1.82) is 0 Å². The summed E-state index contributed by atoms with van der Waals surface area (Å²) in [7, 11) is 2.20. The predicted octanol–water partition coefficient (Wildman–Crippen LogP) is 3.53. The van der Waals surface area contributed by atoms with E-state index in [0.29, 0.717) is 12.1 Å². The van der Waals surface area contributed by atoms with Crippen LogP contribution in [0.1, 0.15) is 18.5 Å². The molecule has 0 spiro atoms. The molecule has 1 fully saturated rings. The Bertz CT molecular complexity index is 523. The second-order valence-electron chi connectivity index (χ2n) is 5.30. The van der Waals surface area contributed by atoms with Crippen LogP contribution in [0.3, 0.4) is 0 Å². The Morgan fingerprint density at radius 3 is 2.11 bits per heavy atom. The second kappa shape index (κ2) is 5.06. The molecule has 2 unspecified atom stereocenters. The summed E-state index contributed by atoms with van der Waals surface area (Å²) < 4.78 is 0. The van der Waals surface area contributed by atoms with Crippen molar-refractivity contribution in [3.05, 3.63) is 66.2 Å². The van der Waals surface area contributed by atoms with Gasteiger partial charge in [-0.2, -0.15) is 0 Å². The quantitative estimate of drug-likeness (QED) is 0.807. The van der Waals surface area contributed by atoms with E-state index in [1.54, 1.807) is 0 Å². The van der Waals surface area contributed by atoms with Gasteiger partial charge in [0.1, 0.15) is 0 Å². The van der Waals surface area contributed by atoms with Crippen molar-refractivity contribution in [1.82, 2.24) is 4.90 Å². The molecule has 1 aliphatic rings. The summed E-state index contributed by atoms with van der Waals surface area (Å²) in [5, 5.41) is 0. The van der Waals surface area contributed by atoms with E-state index in [9.17, 15) is 0 Å². The maximum absolute atomic E-state index is 2.49. The Morgan fingerprint density at radius 1 is 0.895 bits per heavy atom. The molecule has 0 bridgehead atoms. The van der Waals surface area contributed by atoms with Gasteiger partial charge in [-0.15, -0.1) is 0 Å². The van der Waals surface area contributed by atoms with Crippen molar-refractivity contribution in [2.75, 3.05) is 18.6 Å². The highest BCUT2D eigenvalue weighted by atomic mass is 15.4. The van der Waals surface area contributed by atoms with Crippen molar-refractivity contribution >= 4 is 5.69 Å². The molecule has 0 aliphatic carbocycles. The van der Waals surface area contributed by atoms with Crippen LogP contribution in [-0.2, 0) is 0 Å². The summed E-state index contributed by atoms with van der Waals surface area (Å²) in [4.78, 5) is 4.89. The van der Waals surface area contributed by atoms with Gasteiger partial charge in [0.05, 0.1) is 12.7 Å². The number of hydrogen-bond donors (Lipinski definition) is 0. The summed E-state index contributed by atoms with van der Waals surface area (Å²) in [6.07, 6.45) is 0. The van der Waals surface area contributed by atoms with Crippen LogP contribution in [0.5, 0.6) is 0 Å². The lowest BCUT2D eigenvalue weighted by atomic mass is 10.00. The van der Waals surface area contributed by atoms with E-state index in [4.69, 9.17) is 0 Å². The van der Waals surface area contributed by atoms with Gasteiger partial charge in [0, 0.05) is 11.7 Å². The summed E-state index contributed by atoms with van der Waals surface area (Å²) in [6.45, 7) is 3.28. The predicted molar refractivity (Wildman–Crippen MR) is 80.2 cm³/mol. The lowest BCUT2D eigenvalue weighted by Gasteiger charge is -2.28.